The zero-order valence-electron chi connectivity index (χ0n) is 37.0. The van der Waals surface area contributed by atoms with Crippen molar-refractivity contribution in [3.63, 3.8) is 0 Å². The smallest absolute Gasteiger partial charge is 0.269 e. The van der Waals surface area contributed by atoms with Crippen molar-refractivity contribution in [2.45, 2.75) is 33.6 Å². The fourth-order valence-electron chi connectivity index (χ4n) is 9.17. The van der Waals surface area contributed by atoms with Crippen LogP contribution in [0.5, 0.6) is 11.5 Å². The van der Waals surface area contributed by atoms with Crippen LogP contribution in [0.25, 0.3) is 83.4 Å². The van der Waals surface area contributed by atoms with Crippen LogP contribution >= 0.6 is 0 Å². The largest absolute Gasteiger partial charge is 0.458 e. The highest BCUT2D eigenvalue weighted by Gasteiger charge is 2.24. The highest BCUT2D eigenvalue weighted by atomic mass is 16.5. The molecule has 0 N–H and O–H groups in total. The number of hydrogen-bond donors (Lipinski definition) is 0. The summed E-state index contributed by atoms with van der Waals surface area (Å²) >= 11 is 0. The van der Waals surface area contributed by atoms with Gasteiger partial charge in [0.1, 0.15) is 17.3 Å². The highest BCUT2D eigenvalue weighted by Crippen LogP contribution is 2.39. The lowest BCUT2D eigenvalue weighted by Crippen LogP contribution is -2.31. The number of fused-ring (bicyclic) bond motifs is 4. The minimum atomic E-state index is 0.114. The summed E-state index contributed by atoms with van der Waals surface area (Å²) in [5, 5.41) is 2.33. The number of nitrogens with zero attached hydrogens (tertiary/aromatic N) is 4. The van der Waals surface area contributed by atoms with Gasteiger partial charge in [0.15, 0.2) is 0 Å². The van der Waals surface area contributed by atoms with Crippen LogP contribution in [-0.2, 0) is 0 Å². The van der Waals surface area contributed by atoms with E-state index >= 15 is 0 Å². The fraction of sp³-hybridized carbons (Fsp3) is 0.100. The molecule has 314 valence electrons. The summed E-state index contributed by atoms with van der Waals surface area (Å²) in [6, 6.07) is 72.8. The molecule has 0 saturated carbocycles. The van der Waals surface area contributed by atoms with Gasteiger partial charge < -0.3 is 4.74 Å². The van der Waals surface area contributed by atoms with E-state index in [0.29, 0.717) is 5.92 Å². The third kappa shape index (κ3) is 7.35. The molecule has 0 aliphatic heterocycles. The lowest BCUT2D eigenvalue weighted by Gasteiger charge is -2.27. The second kappa shape index (κ2) is 16.3. The van der Waals surface area contributed by atoms with E-state index < -0.39 is 0 Å². The van der Waals surface area contributed by atoms with Crippen LogP contribution in [-0.4, -0.2) is 14.1 Å². The Kier molecular flexibility index (Phi) is 9.96. The Morgan fingerprint density at radius 3 is 1.86 bits per heavy atom. The molecule has 3 heterocycles. The van der Waals surface area contributed by atoms with Crippen LogP contribution in [0, 0.1) is 11.7 Å². The van der Waals surface area contributed by atoms with Crippen LogP contribution < -0.4 is 9.30 Å². The fourth-order valence-corrected chi connectivity index (χ4v) is 9.17. The lowest BCUT2D eigenvalue weighted by molar-refractivity contribution is -0.571. The van der Waals surface area contributed by atoms with E-state index in [1.54, 1.807) is 0 Å². The molecular formula is C60H48N4O. The van der Waals surface area contributed by atoms with Gasteiger partial charge in [0.05, 0.1) is 33.4 Å². The normalized spacial score (nSPS) is 12.2. The minimum absolute atomic E-state index is 0.114. The van der Waals surface area contributed by atoms with E-state index in [2.05, 4.69) is 248 Å². The van der Waals surface area contributed by atoms with Crippen LogP contribution in [0.1, 0.15) is 39.2 Å². The maximum Gasteiger partial charge on any atom is 0.269 e. The van der Waals surface area contributed by atoms with Gasteiger partial charge in [-0.15, -0.1) is 0 Å². The number of para-hydroxylation sites is 2. The molecule has 3 aromatic heterocycles. The van der Waals surface area contributed by atoms with Gasteiger partial charge in [-0.3, -0.25) is 13.7 Å². The summed E-state index contributed by atoms with van der Waals surface area (Å²) in [7, 11) is 0. The summed E-state index contributed by atoms with van der Waals surface area (Å²) in [6.45, 7) is 9.17. The lowest BCUT2D eigenvalue weighted by atomic mass is 9.78. The van der Waals surface area contributed by atoms with Crippen molar-refractivity contribution >= 4 is 32.8 Å². The summed E-state index contributed by atoms with van der Waals surface area (Å²) in [5.41, 5.74) is 14.4. The van der Waals surface area contributed by atoms with Crippen LogP contribution in [0.15, 0.2) is 212 Å². The van der Waals surface area contributed by atoms with Crippen LogP contribution in [0.2, 0.25) is 0 Å². The molecule has 0 amide bonds. The Labute approximate surface area is 380 Å². The van der Waals surface area contributed by atoms with E-state index in [9.17, 15) is 0 Å². The molecule has 0 spiro atoms. The van der Waals surface area contributed by atoms with Gasteiger partial charge in [-0.1, -0.05) is 173 Å². The Morgan fingerprint density at radius 2 is 1.15 bits per heavy atom. The molecule has 0 aliphatic rings. The molecule has 11 rings (SSSR count). The van der Waals surface area contributed by atoms with E-state index in [1.807, 2.05) is 12.3 Å². The van der Waals surface area contributed by atoms with E-state index in [4.69, 9.17) is 9.72 Å². The number of benzene rings is 8. The second-order valence-electron chi connectivity index (χ2n) is 17.9. The number of hydrogen-bond acceptors (Lipinski definition) is 2. The predicted molar refractivity (Wildman–Crippen MR) is 266 cm³/mol. The number of ether oxygens (including phenoxy) is 1. The Bertz CT molecular complexity index is 3450. The van der Waals surface area contributed by atoms with Crippen LogP contribution in [0.3, 0.4) is 0 Å². The van der Waals surface area contributed by atoms with Gasteiger partial charge in [-0.05, 0) is 105 Å². The summed E-state index contributed by atoms with van der Waals surface area (Å²) < 4.78 is 13.5. The number of pyridine rings is 1. The van der Waals surface area contributed by atoms with Crippen molar-refractivity contribution in [3.05, 3.63) is 224 Å². The SMILES string of the molecule is CC(c1ccnc(-n2c3ccccc3c3ccc(Oc4cccc(-n5[c-][n+](-c6c(-c7ccccc7)cccc6-c6ccccc6)c6cc(-c7ccccc7)ccc65)c4)cc32)c1)C(C)(C)C. The third-order valence-electron chi connectivity index (χ3n) is 12.9. The average Bonchev–Trinajstić information content (AvgIpc) is 3.89. The van der Waals surface area contributed by atoms with Crippen molar-refractivity contribution in [3.8, 4) is 62.1 Å². The van der Waals surface area contributed by atoms with Gasteiger partial charge in [0.25, 0.3) is 6.33 Å². The number of aromatic nitrogens is 4. The number of imidazole rings is 1. The molecule has 1 atom stereocenters. The zero-order valence-corrected chi connectivity index (χ0v) is 37.0. The predicted octanol–water partition coefficient (Wildman–Crippen LogP) is 15.1. The van der Waals surface area contributed by atoms with Crippen molar-refractivity contribution < 1.29 is 9.30 Å². The molecule has 0 bridgehead atoms. The molecule has 0 saturated heterocycles. The van der Waals surface area contributed by atoms with Gasteiger partial charge in [-0.25, -0.2) is 4.98 Å². The quantitative estimate of drug-likeness (QED) is 0.107. The van der Waals surface area contributed by atoms with Gasteiger partial charge in [0.2, 0.25) is 0 Å². The first-order valence-corrected chi connectivity index (χ1v) is 22.4. The summed E-state index contributed by atoms with van der Waals surface area (Å²) in [4.78, 5) is 4.94. The first-order chi connectivity index (χ1) is 31.8. The molecule has 65 heavy (non-hydrogen) atoms. The summed E-state index contributed by atoms with van der Waals surface area (Å²) in [6.07, 6.45) is 5.81. The first-order valence-electron chi connectivity index (χ1n) is 22.4. The molecular weight excluding hydrogens is 793 g/mol. The first kappa shape index (κ1) is 39.8. The van der Waals surface area contributed by atoms with Crippen molar-refractivity contribution in [2.75, 3.05) is 0 Å². The molecule has 5 nitrogen and oxygen atoms in total. The molecule has 0 aliphatic carbocycles. The van der Waals surface area contributed by atoms with Crippen molar-refractivity contribution in [1.29, 1.82) is 0 Å². The minimum Gasteiger partial charge on any atom is -0.458 e. The Morgan fingerprint density at radius 1 is 0.523 bits per heavy atom. The van der Waals surface area contributed by atoms with Crippen molar-refractivity contribution in [2.24, 2.45) is 5.41 Å². The average molecular weight is 841 g/mol. The Hall–Kier alpha value is -8.02. The molecule has 1 unspecified atom stereocenters. The molecule has 11 aromatic rings. The molecule has 0 radical (unpaired) electrons. The van der Waals surface area contributed by atoms with Crippen LogP contribution in [0.4, 0.5) is 0 Å². The van der Waals surface area contributed by atoms with Gasteiger partial charge in [0, 0.05) is 23.0 Å². The number of rotatable bonds is 9. The second-order valence-corrected chi connectivity index (χ2v) is 17.9. The third-order valence-corrected chi connectivity index (χ3v) is 12.9. The van der Waals surface area contributed by atoms with Gasteiger partial charge in [-0.2, -0.15) is 0 Å². The van der Waals surface area contributed by atoms with Crippen molar-refractivity contribution in [1.82, 2.24) is 14.1 Å². The monoisotopic (exact) mass is 840 g/mol. The Balaban J connectivity index is 1.05. The molecule has 5 heteroatoms. The standard InChI is InChI=1S/C60H48N4O/c1-41(60(2,3)4)45-34-35-61-58(37-45)64-54-29-15-14-26-52(54)53-32-31-49(39-56(53)64)65-48-25-16-24-47(38-48)62-40-63(57-36-46(30-33-55(57)62)42-18-8-5-9-19-42)59-50(43-20-10-6-11-21-43)27-17-28-51(59)44-22-12-7-13-23-44/h5-39,41H,1-4H3. The molecule has 8 aromatic carbocycles. The topological polar surface area (TPSA) is 35.9 Å². The van der Waals surface area contributed by atoms with E-state index in [0.717, 1.165) is 89.5 Å². The molecule has 0 fully saturated rings. The van der Waals surface area contributed by atoms with E-state index in [-0.39, 0.29) is 5.41 Å². The van der Waals surface area contributed by atoms with E-state index in [1.165, 1.54) is 10.9 Å². The van der Waals surface area contributed by atoms with Gasteiger partial charge >= 0.3 is 0 Å². The zero-order chi connectivity index (χ0) is 44.1. The maximum absolute atomic E-state index is 6.81. The maximum atomic E-state index is 6.81. The highest BCUT2D eigenvalue weighted by molar-refractivity contribution is 6.09. The summed E-state index contributed by atoms with van der Waals surface area (Å²) in [5.74, 6) is 2.71.